The summed E-state index contributed by atoms with van der Waals surface area (Å²) >= 11 is 0. The van der Waals surface area contributed by atoms with Gasteiger partial charge in [-0.2, -0.15) is 5.26 Å². The minimum Gasteiger partial charge on any atom is -0.238 e. The Morgan fingerprint density at radius 1 is 1.40 bits per heavy atom. The van der Waals surface area contributed by atoms with Gasteiger partial charge in [0.2, 0.25) is 0 Å². The van der Waals surface area contributed by atoms with Crippen LogP contribution in [-0.4, -0.2) is 9.97 Å². The van der Waals surface area contributed by atoms with Crippen molar-refractivity contribution in [3.8, 4) is 6.07 Å². The lowest BCUT2D eigenvalue weighted by molar-refractivity contribution is 0.628. The van der Waals surface area contributed by atoms with E-state index >= 15 is 0 Å². The van der Waals surface area contributed by atoms with E-state index in [1.165, 1.54) is 0 Å². The Balaban J connectivity index is 2.81. The molecule has 0 saturated heterocycles. The molecule has 0 aliphatic rings. The molecular formula is C12H17N3. The van der Waals surface area contributed by atoms with Crippen LogP contribution >= 0.6 is 0 Å². The molecule has 3 heteroatoms. The van der Waals surface area contributed by atoms with Crippen LogP contribution in [0.1, 0.15) is 37.5 Å². The fraction of sp³-hybridized carbons (Fsp3) is 0.583. The summed E-state index contributed by atoms with van der Waals surface area (Å²) in [6, 6.07) is 4.14. The van der Waals surface area contributed by atoms with Crippen LogP contribution in [0.5, 0.6) is 0 Å². The third kappa shape index (κ3) is 4.07. The van der Waals surface area contributed by atoms with E-state index in [2.05, 4.69) is 29.9 Å². The van der Waals surface area contributed by atoms with Crippen LogP contribution in [0.25, 0.3) is 0 Å². The van der Waals surface area contributed by atoms with E-state index in [-0.39, 0.29) is 0 Å². The third-order valence-electron chi connectivity index (χ3n) is 2.03. The van der Waals surface area contributed by atoms with Gasteiger partial charge in [0.15, 0.2) is 0 Å². The maximum Gasteiger partial charge on any atom is 0.129 e. The first kappa shape index (κ1) is 11.6. The molecule has 1 aromatic heterocycles. The lowest BCUT2D eigenvalue weighted by atomic mass is 10.1. The molecule has 0 amide bonds. The molecule has 1 aromatic rings. The van der Waals surface area contributed by atoms with Gasteiger partial charge in [-0.3, -0.25) is 0 Å². The first-order valence-corrected chi connectivity index (χ1v) is 5.32. The zero-order valence-electron chi connectivity index (χ0n) is 9.62. The maximum absolute atomic E-state index is 8.51. The van der Waals surface area contributed by atoms with Crippen molar-refractivity contribution in [2.24, 2.45) is 5.92 Å². The Morgan fingerprint density at radius 2 is 2.13 bits per heavy atom. The van der Waals surface area contributed by atoms with Crippen LogP contribution in [0.2, 0.25) is 0 Å². The number of hydrogen-bond donors (Lipinski definition) is 0. The molecule has 15 heavy (non-hydrogen) atoms. The van der Waals surface area contributed by atoms with Crippen LogP contribution in [0.15, 0.2) is 6.07 Å². The number of aryl methyl sites for hydroxylation is 2. The zero-order valence-corrected chi connectivity index (χ0v) is 9.62. The molecular weight excluding hydrogens is 186 g/mol. The standard InChI is InChI=1S/C12H17N3/c1-9(2)7-11-8-10(3)14-12(15-11)5-4-6-13/h8-9H,4-5,7H2,1-3H3. The number of hydrogen-bond acceptors (Lipinski definition) is 3. The van der Waals surface area contributed by atoms with Gasteiger partial charge in [-0.15, -0.1) is 0 Å². The lowest BCUT2D eigenvalue weighted by Crippen LogP contribution is -2.04. The Hall–Kier alpha value is -1.43. The van der Waals surface area contributed by atoms with Crippen molar-refractivity contribution in [1.82, 2.24) is 9.97 Å². The summed E-state index contributed by atoms with van der Waals surface area (Å²) in [5, 5.41) is 8.51. The van der Waals surface area contributed by atoms with Crippen LogP contribution in [0.4, 0.5) is 0 Å². The Morgan fingerprint density at radius 3 is 2.73 bits per heavy atom. The first-order chi connectivity index (χ1) is 7.11. The summed E-state index contributed by atoms with van der Waals surface area (Å²) in [6.07, 6.45) is 2.12. The molecule has 0 atom stereocenters. The van der Waals surface area contributed by atoms with E-state index in [0.29, 0.717) is 18.8 Å². The van der Waals surface area contributed by atoms with Gasteiger partial charge in [0.1, 0.15) is 5.82 Å². The van der Waals surface area contributed by atoms with Crippen molar-refractivity contribution in [3.63, 3.8) is 0 Å². The van der Waals surface area contributed by atoms with Gasteiger partial charge >= 0.3 is 0 Å². The average molecular weight is 203 g/mol. The molecule has 0 fully saturated rings. The smallest absolute Gasteiger partial charge is 0.129 e. The van der Waals surface area contributed by atoms with E-state index in [1.807, 2.05) is 13.0 Å². The van der Waals surface area contributed by atoms with Gasteiger partial charge in [0.05, 0.1) is 6.07 Å². The number of nitrogens with zero attached hydrogens (tertiary/aromatic N) is 3. The number of aromatic nitrogens is 2. The van der Waals surface area contributed by atoms with Crippen molar-refractivity contribution in [3.05, 3.63) is 23.3 Å². The average Bonchev–Trinajstić information content (AvgIpc) is 2.12. The third-order valence-corrected chi connectivity index (χ3v) is 2.03. The minimum atomic E-state index is 0.491. The predicted molar refractivity (Wildman–Crippen MR) is 59.2 cm³/mol. The number of rotatable bonds is 4. The van der Waals surface area contributed by atoms with Crippen LogP contribution < -0.4 is 0 Å². The summed E-state index contributed by atoms with van der Waals surface area (Å²) in [4.78, 5) is 8.77. The molecule has 0 bridgehead atoms. The van der Waals surface area contributed by atoms with Crippen molar-refractivity contribution in [1.29, 1.82) is 5.26 Å². The normalized spacial score (nSPS) is 10.3. The Labute approximate surface area is 91.2 Å². The van der Waals surface area contributed by atoms with Crippen molar-refractivity contribution < 1.29 is 0 Å². The van der Waals surface area contributed by atoms with Crippen molar-refractivity contribution in [2.45, 2.75) is 40.0 Å². The topological polar surface area (TPSA) is 49.6 Å². The number of nitriles is 1. The van der Waals surface area contributed by atoms with Gasteiger partial charge in [0.25, 0.3) is 0 Å². The molecule has 0 radical (unpaired) electrons. The van der Waals surface area contributed by atoms with Crippen molar-refractivity contribution in [2.75, 3.05) is 0 Å². The molecule has 0 N–H and O–H groups in total. The molecule has 3 nitrogen and oxygen atoms in total. The quantitative estimate of drug-likeness (QED) is 0.755. The van der Waals surface area contributed by atoms with Gasteiger partial charge in [-0.25, -0.2) is 9.97 Å². The molecule has 0 aliphatic carbocycles. The lowest BCUT2D eigenvalue weighted by Gasteiger charge is -2.06. The summed E-state index contributed by atoms with van der Waals surface area (Å²) in [5.74, 6) is 1.40. The highest BCUT2D eigenvalue weighted by atomic mass is 14.9. The van der Waals surface area contributed by atoms with E-state index in [1.54, 1.807) is 0 Å². The maximum atomic E-state index is 8.51. The van der Waals surface area contributed by atoms with Gasteiger partial charge in [-0.05, 0) is 25.3 Å². The minimum absolute atomic E-state index is 0.491. The van der Waals surface area contributed by atoms with Crippen LogP contribution in [-0.2, 0) is 12.8 Å². The van der Waals surface area contributed by atoms with E-state index in [4.69, 9.17) is 5.26 Å². The highest BCUT2D eigenvalue weighted by molar-refractivity contribution is 5.11. The van der Waals surface area contributed by atoms with Crippen LogP contribution in [0.3, 0.4) is 0 Å². The molecule has 0 aromatic carbocycles. The molecule has 1 heterocycles. The van der Waals surface area contributed by atoms with Crippen molar-refractivity contribution >= 4 is 0 Å². The second-order valence-corrected chi connectivity index (χ2v) is 4.17. The van der Waals surface area contributed by atoms with Gasteiger partial charge < -0.3 is 0 Å². The molecule has 0 spiro atoms. The van der Waals surface area contributed by atoms with Crippen LogP contribution in [0, 0.1) is 24.2 Å². The van der Waals surface area contributed by atoms with E-state index in [0.717, 1.165) is 23.6 Å². The second-order valence-electron chi connectivity index (χ2n) is 4.17. The van der Waals surface area contributed by atoms with Gasteiger partial charge in [0, 0.05) is 24.2 Å². The summed E-state index contributed by atoms with van der Waals surface area (Å²) in [7, 11) is 0. The summed E-state index contributed by atoms with van der Waals surface area (Å²) in [6.45, 7) is 6.32. The molecule has 0 aliphatic heterocycles. The molecule has 0 saturated carbocycles. The van der Waals surface area contributed by atoms with E-state index < -0.39 is 0 Å². The molecule has 0 unspecified atom stereocenters. The fourth-order valence-electron chi connectivity index (χ4n) is 1.50. The van der Waals surface area contributed by atoms with Gasteiger partial charge in [-0.1, -0.05) is 13.8 Å². The Kier molecular flexibility index (Phi) is 4.23. The van der Waals surface area contributed by atoms with E-state index in [9.17, 15) is 0 Å². The molecule has 1 rings (SSSR count). The fourth-order valence-corrected chi connectivity index (χ4v) is 1.50. The largest absolute Gasteiger partial charge is 0.238 e. The Bertz CT molecular complexity index is 364. The second kappa shape index (κ2) is 5.45. The SMILES string of the molecule is Cc1cc(CC(C)C)nc(CCC#N)n1. The monoisotopic (exact) mass is 203 g/mol. The summed E-state index contributed by atoms with van der Waals surface area (Å²) in [5.41, 5.74) is 2.08. The first-order valence-electron chi connectivity index (χ1n) is 5.32. The predicted octanol–water partition coefficient (Wildman–Crippen LogP) is 2.44. The summed E-state index contributed by atoms with van der Waals surface area (Å²) < 4.78 is 0. The highest BCUT2D eigenvalue weighted by Crippen LogP contribution is 2.08. The zero-order chi connectivity index (χ0) is 11.3. The highest BCUT2D eigenvalue weighted by Gasteiger charge is 2.04. The molecule has 80 valence electrons.